The summed E-state index contributed by atoms with van der Waals surface area (Å²) in [6, 6.07) is 19.9. The maximum atomic E-state index is 12.6. The number of nitrogens with one attached hydrogen (secondary N) is 2. The molecule has 0 aromatic heterocycles. The lowest BCUT2D eigenvalue weighted by Gasteiger charge is -2.11. The van der Waals surface area contributed by atoms with Crippen molar-refractivity contribution >= 4 is 27.3 Å². The number of rotatable bonds is 9. The quantitative estimate of drug-likeness (QED) is 0.520. The number of aryl methyl sites for hydroxylation is 1. The molecule has 0 radical (unpaired) electrons. The van der Waals surface area contributed by atoms with Crippen molar-refractivity contribution in [2.75, 3.05) is 23.3 Å². The van der Waals surface area contributed by atoms with E-state index in [1.807, 2.05) is 26.0 Å². The predicted octanol–water partition coefficient (Wildman–Crippen LogP) is 4.21. The first kappa shape index (κ1) is 22.2. The van der Waals surface area contributed by atoms with E-state index in [0.29, 0.717) is 29.5 Å². The number of benzene rings is 3. The summed E-state index contributed by atoms with van der Waals surface area (Å²) in [5, 5.41) is 2.68. The molecule has 3 aromatic carbocycles. The summed E-state index contributed by atoms with van der Waals surface area (Å²) in [6.07, 6.45) is 0. The first-order chi connectivity index (χ1) is 14.9. The van der Waals surface area contributed by atoms with Crippen LogP contribution < -0.4 is 19.5 Å². The zero-order chi connectivity index (χ0) is 22.3. The van der Waals surface area contributed by atoms with Crippen LogP contribution in [-0.4, -0.2) is 27.5 Å². The maximum absolute atomic E-state index is 12.6. The second-order valence-corrected chi connectivity index (χ2v) is 8.42. The average molecular weight is 441 g/mol. The van der Waals surface area contributed by atoms with Crippen LogP contribution in [0.25, 0.3) is 0 Å². The summed E-state index contributed by atoms with van der Waals surface area (Å²) in [7, 11) is -3.76. The molecule has 3 aromatic rings. The molecule has 0 bridgehead atoms. The number of anilines is 2. The monoisotopic (exact) mass is 440 g/mol. The lowest BCUT2D eigenvalue weighted by Crippen LogP contribution is -2.20. The van der Waals surface area contributed by atoms with E-state index in [9.17, 15) is 13.2 Å². The molecule has 0 aliphatic rings. The molecular formula is C23H24N2O5S. The summed E-state index contributed by atoms with van der Waals surface area (Å²) < 4.78 is 38.5. The molecule has 0 aliphatic carbocycles. The molecule has 7 nitrogen and oxygen atoms in total. The highest BCUT2D eigenvalue weighted by Gasteiger charge is 2.14. The largest absolute Gasteiger partial charge is 0.494 e. The normalized spacial score (nSPS) is 10.9. The lowest BCUT2D eigenvalue weighted by atomic mass is 10.2. The number of carbonyl (C=O) groups is 1. The van der Waals surface area contributed by atoms with Crippen molar-refractivity contribution in [3.05, 3.63) is 78.4 Å². The Labute approximate surface area is 182 Å². The number of hydrogen-bond donors (Lipinski definition) is 2. The van der Waals surface area contributed by atoms with Crippen molar-refractivity contribution in [2.45, 2.75) is 18.7 Å². The zero-order valence-electron chi connectivity index (χ0n) is 17.3. The average Bonchev–Trinajstić information content (AvgIpc) is 2.75. The van der Waals surface area contributed by atoms with Crippen molar-refractivity contribution in [3.63, 3.8) is 0 Å². The van der Waals surface area contributed by atoms with E-state index in [1.54, 1.807) is 36.4 Å². The van der Waals surface area contributed by atoms with Gasteiger partial charge in [-0.05, 0) is 74.5 Å². The first-order valence-corrected chi connectivity index (χ1v) is 11.2. The Morgan fingerprint density at radius 1 is 0.806 bits per heavy atom. The van der Waals surface area contributed by atoms with Crippen LogP contribution in [0.1, 0.15) is 12.5 Å². The Bertz CT molecular complexity index is 1110. The van der Waals surface area contributed by atoms with Gasteiger partial charge in [0.2, 0.25) is 0 Å². The molecule has 162 valence electrons. The number of amides is 1. The topological polar surface area (TPSA) is 93.7 Å². The number of carbonyl (C=O) groups excluding carboxylic acids is 1. The van der Waals surface area contributed by atoms with Gasteiger partial charge in [-0.2, -0.15) is 0 Å². The molecule has 2 N–H and O–H groups in total. The van der Waals surface area contributed by atoms with E-state index in [4.69, 9.17) is 9.47 Å². The molecule has 0 unspecified atom stereocenters. The fourth-order valence-electron chi connectivity index (χ4n) is 2.70. The predicted molar refractivity (Wildman–Crippen MR) is 120 cm³/mol. The molecule has 3 rings (SSSR count). The molecule has 0 fully saturated rings. The molecule has 0 heterocycles. The molecule has 0 atom stereocenters. The van der Waals surface area contributed by atoms with Crippen LogP contribution in [0.2, 0.25) is 0 Å². The molecule has 0 spiro atoms. The van der Waals surface area contributed by atoms with E-state index in [0.717, 1.165) is 5.56 Å². The minimum atomic E-state index is -3.76. The molecule has 31 heavy (non-hydrogen) atoms. The minimum absolute atomic E-state index is 0.0790. The minimum Gasteiger partial charge on any atom is -0.494 e. The summed E-state index contributed by atoms with van der Waals surface area (Å²) >= 11 is 0. The Kier molecular flexibility index (Phi) is 7.15. The van der Waals surface area contributed by atoms with E-state index in [2.05, 4.69) is 10.0 Å². The fourth-order valence-corrected chi connectivity index (χ4v) is 3.76. The van der Waals surface area contributed by atoms with E-state index >= 15 is 0 Å². The highest BCUT2D eigenvalue weighted by atomic mass is 32.2. The number of hydrogen-bond acceptors (Lipinski definition) is 5. The smallest absolute Gasteiger partial charge is 0.262 e. The Morgan fingerprint density at radius 3 is 1.97 bits per heavy atom. The van der Waals surface area contributed by atoms with E-state index in [1.165, 1.54) is 24.3 Å². The highest BCUT2D eigenvalue weighted by Crippen LogP contribution is 2.21. The van der Waals surface area contributed by atoms with Crippen LogP contribution in [0.3, 0.4) is 0 Å². The SMILES string of the molecule is CCOc1ccc(NS(=O)(=O)c2ccc(NC(=O)COc3ccc(C)cc3)cc2)cc1. The molecular weight excluding hydrogens is 416 g/mol. The molecule has 0 saturated heterocycles. The van der Waals surface area contributed by atoms with Gasteiger partial charge in [-0.1, -0.05) is 17.7 Å². The summed E-state index contributed by atoms with van der Waals surface area (Å²) in [4.78, 5) is 12.2. The van der Waals surface area contributed by atoms with Crippen LogP contribution in [0.4, 0.5) is 11.4 Å². The summed E-state index contributed by atoms with van der Waals surface area (Å²) in [6.45, 7) is 4.22. The van der Waals surface area contributed by atoms with Gasteiger partial charge in [0.25, 0.3) is 15.9 Å². The maximum Gasteiger partial charge on any atom is 0.262 e. The molecule has 0 aliphatic heterocycles. The van der Waals surface area contributed by atoms with Crippen molar-refractivity contribution in [3.8, 4) is 11.5 Å². The Hall–Kier alpha value is -3.52. The van der Waals surface area contributed by atoms with Crippen LogP contribution in [-0.2, 0) is 14.8 Å². The fraction of sp³-hybridized carbons (Fsp3) is 0.174. The standard InChI is InChI=1S/C23H24N2O5S/c1-3-29-20-12-6-19(7-13-20)25-31(27,28)22-14-8-18(9-15-22)24-23(26)16-30-21-10-4-17(2)5-11-21/h4-15,25H,3,16H2,1-2H3,(H,24,26). The lowest BCUT2D eigenvalue weighted by molar-refractivity contribution is -0.118. The van der Waals surface area contributed by atoms with E-state index < -0.39 is 10.0 Å². The van der Waals surface area contributed by atoms with Gasteiger partial charge in [0.05, 0.1) is 11.5 Å². The van der Waals surface area contributed by atoms with Crippen LogP contribution >= 0.6 is 0 Å². The van der Waals surface area contributed by atoms with Crippen LogP contribution in [0, 0.1) is 6.92 Å². The zero-order valence-corrected chi connectivity index (χ0v) is 18.1. The van der Waals surface area contributed by atoms with Gasteiger partial charge in [0.1, 0.15) is 11.5 Å². The second-order valence-electron chi connectivity index (χ2n) is 6.74. The van der Waals surface area contributed by atoms with Gasteiger partial charge in [-0.25, -0.2) is 8.42 Å². The first-order valence-electron chi connectivity index (χ1n) is 9.71. The van der Waals surface area contributed by atoms with Gasteiger partial charge in [-0.3, -0.25) is 9.52 Å². The van der Waals surface area contributed by atoms with Gasteiger partial charge in [-0.15, -0.1) is 0 Å². The third-order valence-electron chi connectivity index (χ3n) is 4.26. The molecule has 8 heteroatoms. The van der Waals surface area contributed by atoms with Crippen LogP contribution in [0.5, 0.6) is 11.5 Å². The summed E-state index contributed by atoms with van der Waals surface area (Å²) in [5.41, 5.74) is 2.00. The third kappa shape index (κ3) is 6.48. The number of ether oxygens (including phenoxy) is 2. The van der Waals surface area contributed by atoms with E-state index in [-0.39, 0.29) is 17.4 Å². The van der Waals surface area contributed by atoms with Crippen molar-refractivity contribution in [2.24, 2.45) is 0 Å². The summed E-state index contributed by atoms with van der Waals surface area (Å²) in [5.74, 6) is 0.920. The van der Waals surface area contributed by atoms with Crippen molar-refractivity contribution < 1.29 is 22.7 Å². The Morgan fingerprint density at radius 2 is 1.35 bits per heavy atom. The Balaban J connectivity index is 1.56. The second kappa shape index (κ2) is 9.99. The highest BCUT2D eigenvalue weighted by molar-refractivity contribution is 7.92. The van der Waals surface area contributed by atoms with Gasteiger partial charge < -0.3 is 14.8 Å². The van der Waals surface area contributed by atoms with Gasteiger partial charge in [0.15, 0.2) is 6.61 Å². The van der Waals surface area contributed by atoms with Gasteiger partial charge >= 0.3 is 0 Å². The third-order valence-corrected chi connectivity index (χ3v) is 5.65. The molecule has 0 saturated carbocycles. The van der Waals surface area contributed by atoms with Crippen molar-refractivity contribution in [1.29, 1.82) is 0 Å². The number of sulfonamides is 1. The van der Waals surface area contributed by atoms with Crippen LogP contribution in [0.15, 0.2) is 77.7 Å². The van der Waals surface area contributed by atoms with Gasteiger partial charge in [0, 0.05) is 11.4 Å². The molecule has 1 amide bonds. The van der Waals surface area contributed by atoms with Crippen molar-refractivity contribution in [1.82, 2.24) is 0 Å².